The van der Waals surface area contributed by atoms with Gasteiger partial charge in [-0.25, -0.2) is 4.68 Å². The first kappa shape index (κ1) is 26.1. The van der Waals surface area contributed by atoms with E-state index in [2.05, 4.69) is 20.9 Å². The van der Waals surface area contributed by atoms with Crippen LogP contribution in [0.3, 0.4) is 0 Å². The van der Waals surface area contributed by atoms with E-state index >= 15 is 0 Å². The summed E-state index contributed by atoms with van der Waals surface area (Å²) in [5.41, 5.74) is 1.17. The van der Waals surface area contributed by atoms with E-state index in [1.54, 1.807) is 35.3 Å². The number of ether oxygens (including phenoxy) is 1. The van der Waals surface area contributed by atoms with E-state index < -0.39 is 6.04 Å². The van der Waals surface area contributed by atoms with Crippen LogP contribution in [0.15, 0.2) is 36.4 Å². The second-order valence-electron chi connectivity index (χ2n) is 8.43. The van der Waals surface area contributed by atoms with Crippen LogP contribution in [0.2, 0.25) is 0 Å². The zero-order valence-electron chi connectivity index (χ0n) is 20.0. The molecular formula is C23H36N6O4. The molecule has 1 unspecified atom stereocenters. The molecule has 3 amide bonds. The van der Waals surface area contributed by atoms with E-state index in [0.717, 1.165) is 6.42 Å². The number of carbonyl (C=O) groups excluding carboxylic acids is 3. The maximum Gasteiger partial charge on any atom is 0.245 e. The fourth-order valence-corrected chi connectivity index (χ4v) is 3.84. The Morgan fingerprint density at radius 2 is 2.06 bits per heavy atom. The van der Waals surface area contributed by atoms with Gasteiger partial charge in [0.05, 0.1) is 32.2 Å². The number of nitrogens with one attached hydrogen (secondary N) is 2. The molecule has 2 rings (SSSR count). The minimum Gasteiger partial charge on any atom is -0.504 e. The Bertz CT molecular complexity index is 834. The topological polar surface area (TPSA) is 118 Å². The summed E-state index contributed by atoms with van der Waals surface area (Å²) in [5, 5.41) is 13.4. The Balaban J connectivity index is 1.93. The summed E-state index contributed by atoms with van der Waals surface area (Å²) in [6.07, 6.45) is 11.1. The number of rotatable bonds is 12. The van der Waals surface area contributed by atoms with Crippen molar-refractivity contribution in [2.75, 3.05) is 26.7 Å². The number of nitrogens with zero attached hydrogens (tertiary/aromatic N) is 4. The number of methoxy groups -OCH3 is 1. The lowest BCUT2D eigenvalue weighted by Gasteiger charge is -2.27. The highest BCUT2D eigenvalue weighted by molar-refractivity contribution is 5.91. The highest BCUT2D eigenvalue weighted by Crippen LogP contribution is 2.29. The lowest BCUT2D eigenvalue weighted by atomic mass is 10.1. The van der Waals surface area contributed by atoms with Crippen LogP contribution < -0.4 is 10.6 Å². The lowest BCUT2D eigenvalue weighted by Crippen LogP contribution is -2.51. The summed E-state index contributed by atoms with van der Waals surface area (Å²) in [7, 11) is 1.59. The maximum absolute atomic E-state index is 13.1. The van der Waals surface area contributed by atoms with Crippen molar-refractivity contribution < 1.29 is 19.1 Å². The number of likely N-dealkylation sites (tertiary alicyclic amines) is 1. The van der Waals surface area contributed by atoms with E-state index in [0.29, 0.717) is 32.4 Å². The second kappa shape index (κ2) is 13.4. The molecule has 10 heteroatoms. The van der Waals surface area contributed by atoms with Gasteiger partial charge in [-0.2, -0.15) is 0 Å². The van der Waals surface area contributed by atoms with Crippen LogP contribution in [0.4, 0.5) is 0 Å². The number of carbonyl (C=O) groups is 3. The molecule has 0 spiro atoms. The van der Waals surface area contributed by atoms with Crippen LogP contribution in [0, 0.1) is 5.92 Å². The van der Waals surface area contributed by atoms with Crippen LogP contribution in [-0.4, -0.2) is 70.4 Å². The van der Waals surface area contributed by atoms with Crippen molar-refractivity contribution in [2.24, 2.45) is 5.92 Å². The molecule has 2 atom stereocenters. The van der Waals surface area contributed by atoms with E-state index in [1.165, 1.54) is 5.57 Å². The fraction of sp³-hybridized carbons (Fsp3) is 0.609. The average molecular weight is 461 g/mol. The quantitative estimate of drug-likeness (QED) is 0.361. The fourth-order valence-electron chi connectivity index (χ4n) is 3.84. The summed E-state index contributed by atoms with van der Waals surface area (Å²) < 4.78 is 6.49. The third-order valence-electron chi connectivity index (χ3n) is 5.51. The van der Waals surface area contributed by atoms with Gasteiger partial charge in [-0.05, 0) is 31.3 Å². The first-order chi connectivity index (χ1) is 15.9. The van der Waals surface area contributed by atoms with Crippen LogP contribution in [-0.2, 0) is 19.1 Å². The molecule has 0 aromatic carbocycles. The third-order valence-corrected chi connectivity index (χ3v) is 5.51. The van der Waals surface area contributed by atoms with Gasteiger partial charge < -0.3 is 20.3 Å². The number of aromatic nitrogens is 3. The predicted molar refractivity (Wildman–Crippen MR) is 124 cm³/mol. The van der Waals surface area contributed by atoms with E-state index in [4.69, 9.17) is 4.74 Å². The van der Waals surface area contributed by atoms with Crippen molar-refractivity contribution in [3.05, 3.63) is 36.4 Å². The SMILES string of the molecule is CC/C(=C\C=C\OC)CCNC(=O)CNC(=O)[C@@H]1C(n2ccnn2)CCN1C(=O)CC(C)C. The summed E-state index contributed by atoms with van der Waals surface area (Å²) in [6, 6.07) is -1.04. The molecule has 0 aliphatic carbocycles. The molecule has 10 nitrogen and oxygen atoms in total. The molecule has 1 aromatic heterocycles. The second-order valence-corrected chi connectivity index (χ2v) is 8.43. The minimum absolute atomic E-state index is 0.0707. The molecule has 1 saturated heterocycles. The maximum atomic E-state index is 13.1. The third kappa shape index (κ3) is 8.03. The molecule has 0 radical (unpaired) electrons. The van der Waals surface area contributed by atoms with Gasteiger partial charge in [0, 0.05) is 25.7 Å². The number of hydrogen-bond donors (Lipinski definition) is 2. The summed E-state index contributed by atoms with van der Waals surface area (Å²) in [5.74, 6) is -0.524. The molecule has 1 aliphatic rings. The number of amides is 3. The molecule has 33 heavy (non-hydrogen) atoms. The smallest absolute Gasteiger partial charge is 0.245 e. The molecule has 1 aliphatic heterocycles. The van der Waals surface area contributed by atoms with Crippen LogP contribution in [0.5, 0.6) is 0 Å². The summed E-state index contributed by atoms with van der Waals surface area (Å²) in [6.45, 7) is 6.77. The van der Waals surface area contributed by atoms with Crippen LogP contribution >= 0.6 is 0 Å². The van der Waals surface area contributed by atoms with Gasteiger partial charge in [0.2, 0.25) is 17.7 Å². The van der Waals surface area contributed by atoms with Crippen molar-refractivity contribution in [2.45, 2.75) is 58.5 Å². The van der Waals surface area contributed by atoms with Crippen LogP contribution in [0.25, 0.3) is 0 Å². The van der Waals surface area contributed by atoms with Gasteiger partial charge in [-0.3, -0.25) is 14.4 Å². The van der Waals surface area contributed by atoms with Crippen molar-refractivity contribution in [1.82, 2.24) is 30.5 Å². The van der Waals surface area contributed by atoms with E-state index in [-0.39, 0.29) is 36.2 Å². The molecule has 0 saturated carbocycles. The molecule has 1 fully saturated rings. The lowest BCUT2D eigenvalue weighted by molar-refractivity contribution is -0.140. The standard InChI is InChI=1S/C23H36N6O4/c1-5-18(7-6-14-33-4)8-10-24-20(30)16-25-23(32)22-19(29-13-11-26-27-29)9-12-28(22)21(31)15-17(2)3/h6-7,11,13-14,17,19,22H,5,8-10,12,15-16H2,1-4H3,(H,24,30)(H,25,32)/b14-6+,18-7+/t19?,22-/m0/s1. The largest absolute Gasteiger partial charge is 0.504 e. The molecule has 1 aromatic rings. The van der Waals surface area contributed by atoms with Crippen molar-refractivity contribution in [3.63, 3.8) is 0 Å². The molecule has 182 valence electrons. The number of hydrogen-bond acceptors (Lipinski definition) is 6. The zero-order chi connectivity index (χ0) is 24.2. The van der Waals surface area contributed by atoms with E-state index in [1.807, 2.05) is 32.9 Å². The molecule has 0 bridgehead atoms. The van der Waals surface area contributed by atoms with Gasteiger partial charge in [0.1, 0.15) is 6.04 Å². The first-order valence-electron chi connectivity index (χ1n) is 11.4. The normalized spacial score (nSPS) is 18.7. The molecule has 2 heterocycles. The van der Waals surface area contributed by atoms with Crippen molar-refractivity contribution in [3.8, 4) is 0 Å². The molecule has 2 N–H and O–H groups in total. The predicted octanol–water partition coefficient (Wildman–Crippen LogP) is 1.59. The first-order valence-corrected chi connectivity index (χ1v) is 11.4. The molecular weight excluding hydrogens is 424 g/mol. The highest BCUT2D eigenvalue weighted by atomic mass is 16.5. The number of allylic oxidation sites excluding steroid dienone is 2. The van der Waals surface area contributed by atoms with Gasteiger partial charge in [-0.1, -0.05) is 37.6 Å². The van der Waals surface area contributed by atoms with Gasteiger partial charge in [0.25, 0.3) is 0 Å². The Morgan fingerprint density at radius 3 is 2.70 bits per heavy atom. The van der Waals surface area contributed by atoms with Gasteiger partial charge in [0.15, 0.2) is 0 Å². The van der Waals surface area contributed by atoms with Crippen molar-refractivity contribution in [1.29, 1.82) is 0 Å². The van der Waals surface area contributed by atoms with Crippen molar-refractivity contribution >= 4 is 17.7 Å². The van der Waals surface area contributed by atoms with Gasteiger partial charge in [-0.15, -0.1) is 5.10 Å². The minimum atomic E-state index is -0.729. The Labute approximate surface area is 195 Å². The van der Waals surface area contributed by atoms with Gasteiger partial charge >= 0.3 is 0 Å². The average Bonchev–Trinajstić information content (AvgIpc) is 3.45. The Hall–Kier alpha value is -3.17. The van der Waals surface area contributed by atoms with E-state index in [9.17, 15) is 14.4 Å². The summed E-state index contributed by atoms with van der Waals surface area (Å²) in [4.78, 5) is 39.7. The monoisotopic (exact) mass is 460 g/mol. The zero-order valence-corrected chi connectivity index (χ0v) is 20.0. The summed E-state index contributed by atoms with van der Waals surface area (Å²) >= 11 is 0. The Morgan fingerprint density at radius 1 is 1.27 bits per heavy atom. The highest BCUT2D eigenvalue weighted by Gasteiger charge is 2.43. The van der Waals surface area contributed by atoms with Crippen LogP contribution in [0.1, 0.15) is 52.5 Å². The Kier molecular flexibility index (Phi) is 10.6.